The van der Waals surface area contributed by atoms with Gasteiger partial charge in [0.25, 0.3) is 0 Å². The summed E-state index contributed by atoms with van der Waals surface area (Å²) in [7, 11) is 0. The fourth-order valence-corrected chi connectivity index (χ4v) is 3.08. The topological polar surface area (TPSA) is 17.0 Å². The number of hydrogen-bond donors (Lipinski definition) is 1. The number of aromatic nitrogens is 1. The summed E-state index contributed by atoms with van der Waals surface area (Å²) in [6.07, 6.45) is 2.02. The number of benzene rings is 2. The normalized spacial score (nSPS) is 11.0. The van der Waals surface area contributed by atoms with Crippen molar-refractivity contribution >= 4 is 51.4 Å². The second-order valence-corrected chi connectivity index (χ2v) is 5.99. The van der Waals surface area contributed by atoms with Crippen LogP contribution in [-0.4, -0.2) is 11.1 Å². The molecule has 0 fully saturated rings. The Kier molecular flexibility index (Phi) is 4.29. The molecular formula is C16H13Cl3N2. The molecule has 0 bridgehead atoms. The molecule has 0 unspecified atom stereocenters. The molecule has 0 amide bonds. The van der Waals surface area contributed by atoms with Crippen LogP contribution in [0, 0.1) is 0 Å². The molecule has 0 saturated carbocycles. The summed E-state index contributed by atoms with van der Waals surface area (Å²) in [5.74, 6) is 0. The van der Waals surface area contributed by atoms with Crippen molar-refractivity contribution in [3.05, 3.63) is 63.7 Å². The molecule has 1 N–H and O–H groups in total. The first-order valence-corrected chi connectivity index (χ1v) is 7.71. The van der Waals surface area contributed by atoms with E-state index in [-0.39, 0.29) is 0 Å². The van der Waals surface area contributed by atoms with Gasteiger partial charge < -0.3 is 9.88 Å². The van der Waals surface area contributed by atoms with E-state index in [4.69, 9.17) is 34.8 Å². The molecule has 0 aliphatic carbocycles. The lowest BCUT2D eigenvalue weighted by Crippen LogP contribution is -2.09. The van der Waals surface area contributed by atoms with Crippen molar-refractivity contribution in [2.24, 2.45) is 0 Å². The summed E-state index contributed by atoms with van der Waals surface area (Å²) in [5.41, 5.74) is 1.97. The summed E-state index contributed by atoms with van der Waals surface area (Å²) in [5, 5.41) is 6.38. The van der Waals surface area contributed by atoms with Gasteiger partial charge in [-0.25, -0.2) is 0 Å². The fourth-order valence-electron chi connectivity index (χ4n) is 2.33. The standard InChI is InChI=1S/C16H13Cl3N2/c17-11-9-14(19)12-5-7-21(16(12)10-11)8-6-20-15-4-2-1-3-13(15)18/h1-5,7,9-10,20H,6,8H2. The minimum Gasteiger partial charge on any atom is -0.382 e. The van der Waals surface area contributed by atoms with Gasteiger partial charge in [-0.2, -0.15) is 0 Å². The van der Waals surface area contributed by atoms with Gasteiger partial charge in [-0.1, -0.05) is 46.9 Å². The number of para-hydroxylation sites is 1. The van der Waals surface area contributed by atoms with Crippen molar-refractivity contribution < 1.29 is 0 Å². The highest BCUT2D eigenvalue weighted by atomic mass is 35.5. The molecule has 1 aromatic heterocycles. The van der Waals surface area contributed by atoms with E-state index >= 15 is 0 Å². The van der Waals surface area contributed by atoms with Crippen LogP contribution in [0.25, 0.3) is 10.9 Å². The summed E-state index contributed by atoms with van der Waals surface area (Å²) in [6.45, 7) is 1.56. The molecule has 5 heteroatoms. The highest BCUT2D eigenvalue weighted by Crippen LogP contribution is 2.28. The van der Waals surface area contributed by atoms with Gasteiger partial charge in [0, 0.05) is 29.7 Å². The van der Waals surface area contributed by atoms with Gasteiger partial charge in [0.15, 0.2) is 0 Å². The number of rotatable bonds is 4. The van der Waals surface area contributed by atoms with E-state index in [0.717, 1.165) is 34.7 Å². The zero-order valence-corrected chi connectivity index (χ0v) is 13.4. The number of nitrogens with zero attached hydrogens (tertiary/aromatic N) is 1. The zero-order chi connectivity index (χ0) is 14.8. The average Bonchev–Trinajstić information content (AvgIpc) is 2.84. The van der Waals surface area contributed by atoms with Gasteiger partial charge in [-0.15, -0.1) is 0 Å². The molecule has 1 heterocycles. The molecule has 2 nitrogen and oxygen atoms in total. The molecule has 0 spiro atoms. The minimum absolute atomic E-state index is 0.645. The lowest BCUT2D eigenvalue weighted by atomic mass is 10.2. The van der Waals surface area contributed by atoms with E-state index in [1.165, 1.54) is 0 Å². The summed E-state index contributed by atoms with van der Waals surface area (Å²) >= 11 is 18.4. The maximum absolute atomic E-state index is 6.20. The number of halogens is 3. The van der Waals surface area contributed by atoms with Gasteiger partial charge in [-0.05, 0) is 30.3 Å². The monoisotopic (exact) mass is 338 g/mol. The lowest BCUT2D eigenvalue weighted by molar-refractivity contribution is 0.757. The van der Waals surface area contributed by atoms with E-state index < -0.39 is 0 Å². The highest BCUT2D eigenvalue weighted by molar-refractivity contribution is 6.38. The second-order valence-electron chi connectivity index (χ2n) is 4.74. The Morgan fingerprint density at radius 1 is 0.952 bits per heavy atom. The molecule has 0 atom stereocenters. The Bertz CT molecular complexity index is 780. The molecule has 2 aromatic carbocycles. The van der Waals surface area contributed by atoms with Crippen LogP contribution in [-0.2, 0) is 6.54 Å². The second kappa shape index (κ2) is 6.18. The molecule has 3 rings (SSSR count). The van der Waals surface area contributed by atoms with E-state index in [1.807, 2.05) is 42.6 Å². The predicted octanol–water partition coefficient (Wildman–Crippen LogP) is 5.71. The molecule has 0 saturated heterocycles. The molecular weight excluding hydrogens is 327 g/mol. The van der Waals surface area contributed by atoms with Crippen molar-refractivity contribution in [1.82, 2.24) is 4.57 Å². The Morgan fingerprint density at radius 3 is 2.57 bits per heavy atom. The van der Waals surface area contributed by atoms with Crippen molar-refractivity contribution in [2.75, 3.05) is 11.9 Å². The maximum atomic E-state index is 6.20. The molecule has 3 aromatic rings. The van der Waals surface area contributed by atoms with Gasteiger partial charge in [-0.3, -0.25) is 0 Å². The summed E-state index contributed by atoms with van der Waals surface area (Å²) in [4.78, 5) is 0. The van der Waals surface area contributed by atoms with Crippen LogP contribution in [0.3, 0.4) is 0 Å². The van der Waals surface area contributed by atoms with E-state index in [0.29, 0.717) is 10.0 Å². The number of anilines is 1. The first-order chi connectivity index (χ1) is 10.1. The first-order valence-electron chi connectivity index (χ1n) is 6.57. The highest BCUT2D eigenvalue weighted by Gasteiger charge is 2.06. The average molecular weight is 340 g/mol. The van der Waals surface area contributed by atoms with E-state index in [2.05, 4.69) is 9.88 Å². The van der Waals surface area contributed by atoms with Gasteiger partial charge in [0.05, 0.1) is 21.2 Å². The number of hydrogen-bond acceptors (Lipinski definition) is 1. The Balaban J connectivity index is 1.76. The van der Waals surface area contributed by atoms with Gasteiger partial charge in [0.2, 0.25) is 0 Å². The third-order valence-electron chi connectivity index (χ3n) is 3.35. The first kappa shape index (κ1) is 14.6. The molecule has 0 radical (unpaired) electrons. The minimum atomic E-state index is 0.645. The van der Waals surface area contributed by atoms with Crippen LogP contribution in [0.4, 0.5) is 5.69 Å². The van der Waals surface area contributed by atoms with Crippen molar-refractivity contribution in [1.29, 1.82) is 0 Å². The molecule has 0 aliphatic heterocycles. The Hall–Kier alpha value is -1.35. The Morgan fingerprint density at radius 2 is 1.76 bits per heavy atom. The van der Waals surface area contributed by atoms with Crippen molar-refractivity contribution in [2.45, 2.75) is 6.54 Å². The number of fused-ring (bicyclic) bond motifs is 1. The van der Waals surface area contributed by atoms with Crippen LogP contribution in [0.2, 0.25) is 15.1 Å². The zero-order valence-electron chi connectivity index (χ0n) is 11.1. The largest absolute Gasteiger partial charge is 0.382 e. The SMILES string of the molecule is Clc1cc(Cl)c2ccn(CCNc3ccccc3Cl)c2c1. The van der Waals surface area contributed by atoms with Crippen molar-refractivity contribution in [3.8, 4) is 0 Å². The predicted molar refractivity (Wildman–Crippen MR) is 91.9 cm³/mol. The van der Waals surface area contributed by atoms with Gasteiger partial charge >= 0.3 is 0 Å². The van der Waals surface area contributed by atoms with Gasteiger partial charge in [0.1, 0.15) is 0 Å². The third-order valence-corrected chi connectivity index (χ3v) is 4.21. The van der Waals surface area contributed by atoms with Crippen LogP contribution >= 0.6 is 34.8 Å². The lowest BCUT2D eigenvalue weighted by Gasteiger charge is -2.10. The molecule has 108 valence electrons. The smallest absolute Gasteiger partial charge is 0.0637 e. The maximum Gasteiger partial charge on any atom is 0.0637 e. The van der Waals surface area contributed by atoms with Crippen LogP contribution in [0.1, 0.15) is 0 Å². The quantitative estimate of drug-likeness (QED) is 0.644. The molecule has 21 heavy (non-hydrogen) atoms. The van der Waals surface area contributed by atoms with Crippen LogP contribution < -0.4 is 5.32 Å². The summed E-state index contributed by atoms with van der Waals surface area (Å²) in [6, 6.07) is 13.4. The third kappa shape index (κ3) is 3.13. The van der Waals surface area contributed by atoms with E-state index in [9.17, 15) is 0 Å². The van der Waals surface area contributed by atoms with Crippen molar-refractivity contribution in [3.63, 3.8) is 0 Å². The number of nitrogens with one attached hydrogen (secondary N) is 1. The fraction of sp³-hybridized carbons (Fsp3) is 0.125. The molecule has 0 aliphatic rings. The summed E-state index contributed by atoms with van der Waals surface area (Å²) < 4.78 is 2.12. The Labute approximate surface area is 138 Å². The van der Waals surface area contributed by atoms with E-state index in [1.54, 1.807) is 6.07 Å². The van der Waals surface area contributed by atoms with Crippen LogP contribution in [0.15, 0.2) is 48.7 Å². The van der Waals surface area contributed by atoms with Crippen LogP contribution in [0.5, 0.6) is 0 Å².